The van der Waals surface area contributed by atoms with E-state index in [-0.39, 0.29) is 11.9 Å². The lowest BCUT2D eigenvalue weighted by Crippen LogP contribution is -2.37. The molecule has 1 atom stereocenters. The zero-order valence-corrected chi connectivity index (χ0v) is 17.6. The standard InChI is InChI=1S/C18H27N3O2.C2H6.CH5N/c1-19-18(23)17(4-3-13-22)20-16-7-5-14(6-8-16)15-9-11-21(2)12-10-15;2*1-2/h5-8,13,15,17,20H,3-4,9-12H2,1-2H3,(H,19,23);1-2H3;2H2,1H3. The Morgan fingerprint density at radius 3 is 2.26 bits per heavy atom. The smallest absolute Gasteiger partial charge is 0.242 e. The fourth-order valence-corrected chi connectivity index (χ4v) is 3.07. The molecule has 1 fully saturated rings. The molecule has 1 aromatic rings. The van der Waals surface area contributed by atoms with Gasteiger partial charge in [-0.2, -0.15) is 0 Å². The number of carbonyl (C=O) groups excluding carboxylic acids is 2. The summed E-state index contributed by atoms with van der Waals surface area (Å²) in [6.07, 6.45) is 4.12. The number of nitrogens with zero attached hydrogens (tertiary/aromatic N) is 1. The van der Waals surface area contributed by atoms with E-state index in [0.29, 0.717) is 18.8 Å². The SMILES string of the molecule is CC.CN.CNC(=O)C(CCC=O)Nc1ccc(C2CCN(C)CC2)cc1. The van der Waals surface area contributed by atoms with Gasteiger partial charge in [0.2, 0.25) is 5.91 Å². The van der Waals surface area contributed by atoms with Crippen LogP contribution in [0.2, 0.25) is 0 Å². The van der Waals surface area contributed by atoms with Crippen LogP contribution in [0.3, 0.4) is 0 Å². The van der Waals surface area contributed by atoms with Gasteiger partial charge in [-0.15, -0.1) is 0 Å². The molecule has 27 heavy (non-hydrogen) atoms. The molecule has 0 aliphatic carbocycles. The van der Waals surface area contributed by atoms with E-state index in [1.807, 2.05) is 26.0 Å². The number of rotatable bonds is 7. The number of piperidine rings is 1. The summed E-state index contributed by atoms with van der Waals surface area (Å²) in [4.78, 5) is 24.8. The second kappa shape index (κ2) is 15.2. The van der Waals surface area contributed by atoms with E-state index in [2.05, 4.69) is 40.4 Å². The first-order valence-electron chi connectivity index (χ1n) is 9.92. The normalized spacial score (nSPS) is 15.3. The van der Waals surface area contributed by atoms with Crippen LogP contribution in [0, 0.1) is 0 Å². The van der Waals surface area contributed by atoms with Gasteiger partial charge < -0.3 is 26.1 Å². The van der Waals surface area contributed by atoms with Crippen LogP contribution in [0.1, 0.15) is 51.0 Å². The molecule has 1 heterocycles. The first kappa shape index (κ1) is 25.1. The van der Waals surface area contributed by atoms with Crippen molar-refractivity contribution in [3.05, 3.63) is 29.8 Å². The zero-order valence-electron chi connectivity index (χ0n) is 17.6. The molecule has 0 bridgehead atoms. The number of aldehydes is 1. The molecule has 0 spiro atoms. The van der Waals surface area contributed by atoms with Crippen molar-refractivity contribution in [3.63, 3.8) is 0 Å². The number of anilines is 1. The Kier molecular flexibility index (Phi) is 14.1. The summed E-state index contributed by atoms with van der Waals surface area (Å²) < 4.78 is 0. The van der Waals surface area contributed by atoms with E-state index < -0.39 is 0 Å². The topological polar surface area (TPSA) is 87.5 Å². The van der Waals surface area contributed by atoms with Gasteiger partial charge in [-0.25, -0.2) is 0 Å². The molecule has 1 amide bonds. The second-order valence-corrected chi connectivity index (χ2v) is 6.25. The molecule has 1 saturated heterocycles. The van der Waals surface area contributed by atoms with Gasteiger partial charge >= 0.3 is 0 Å². The summed E-state index contributed by atoms with van der Waals surface area (Å²) in [7, 11) is 5.28. The zero-order chi connectivity index (χ0) is 20.7. The number of hydrogen-bond donors (Lipinski definition) is 3. The number of likely N-dealkylation sites (N-methyl/N-ethyl adjacent to an activating group) is 1. The highest BCUT2D eigenvalue weighted by molar-refractivity contribution is 5.84. The Balaban J connectivity index is 0.00000158. The minimum Gasteiger partial charge on any atom is -0.374 e. The summed E-state index contributed by atoms with van der Waals surface area (Å²) >= 11 is 0. The van der Waals surface area contributed by atoms with Crippen LogP contribution in [0.4, 0.5) is 5.69 Å². The van der Waals surface area contributed by atoms with Gasteiger partial charge in [0, 0.05) is 19.2 Å². The molecule has 0 saturated carbocycles. The summed E-state index contributed by atoms with van der Waals surface area (Å²) in [5.41, 5.74) is 6.79. The highest BCUT2D eigenvalue weighted by Crippen LogP contribution is 2.28. The van der Waals surface area contributed by atoms with Crippen molar-refractivity contribution in [2.45, 2.75) is 51.5 Å². The van der Waals surface area contributed by atoms with Crippen molar-refractivity contribution in [2.24, 2.45) is 5.73 Å². The highest BCUT2D eigenvalue weighted by Gasteiger charge is 2.19. The molecular formula is C21H38N4O2. The monoisotopic (exact) mass is 378 g/mol. The van der Waals surface area contributed by atoms with Crippen LogP contribution in [-0.4, -0.2) is 57.4 Å². The molecule has 1 unspecified atom stereocenters. The number of nitrogens with two attached hydrogens (primary N) is 1. The molecule has 0 radical (unpaired) electrons. The number of amides is 1. The molecule has 6 nitrogen and oxygen atoms in total. The molecule has 6 heteroatoms. The Bertz CT molecular complexity index is 511. The third-order valence-electron chi connectivity index (χ3n) is 4.58. The summed E-state index contributed by atoms with van der Waals surface area (Å²) in [6, 6.07) is 7.99. The minimum atomic E-state index is -0.376. The summed E-state index contributed by atoms with van der Waals surface area (Å²) in [5, 5.41) is 5.86. The number of hydrogen-bond acceptors (Lipinski definition) is 5. The first-order valence-corrected chi connectivity index (χ1v) is 9.92. The van der Waals surface area contributed by atoms with Gasteiger partial charge in [0.25, 0.3) is 0 Å². The number of benzene rings is 1. The van der Waals surface area contributed by atoms with Gasteiger partial charge in [-0.1, -0.05) is 26.0 Å². The molecule has 154 valence electrons. The third-order valence-corrected chi connectivity index (χ3v) is 4.58. The van der Waals surface area contributed by atoms with Gasteiger partial charge in [0.1, 0.15) is 12.3 Å². The molecule has 1 aliphatic heterocycles. The van der Waals surface area contributed by atoms with E-state index in [1.165, 1.54) is 25.5 Å². The van der Waals surface area contributed by atoms with E-state index in [1.54, 1.807) is 7.05 Å². The lowest BCUT2D eigenvalue weighted by Gasteiger charge is -2.29. The average Bonchev–Trinajstić information content (AvgIpc) is 2.74. The Hall–Kier alpha value is -1.92. The van der Waals surface area contributed by atoms with Crippen molar-refractivity contribution >= 4 is 17.9 Å². The summed E-state index contributed by atoms with van der Waals surface area (Å²) in [6.45, 7) is 6.30. The van der Waals surface area contributed by atoms with Crippen molar-refractivity contribution in [1.82, 2.24) is 10.2 Å². The first-order chi connectivity index (χ1) is 13.1. The molecule has 1 aliphatic rings. The van der Waals surface area contributed by atoms with E-state index in [9.17, 15) is 9.59 Å². The molecule has 2 rings (SSSR count). The lowest BCUT2D eigenvalue weighted by atomic mass is 9.89. The lowest BCUT2D eigenvalue weighted by molar-refractivity contribution is -0.121. The maximum absolute atomic E-state index is 11.9. The van der Waals surface area contributed by atoms with Crippen LogP contribution >= 0.6 is 0 Å². The quantitative estimate of drug-likeness (QED) is 0.635. The highest BCUT2D eigenvalue weighted by atomic mass is 16.2. The van der Waals surface area contributed by atoms with Gasteiger partial charge in [0.05, 0.1) is 0 Å². The fraction of sp³-hybridized carbons (Fsp3) is 0.619. The summed E-state index contributed by atoms with van der Waals surface area (Å²) in [5.74, 6) is 0.538. The Morgan fingerprint density at radius 2 is 1.78 bits per heavy atom. The van der Waals surface area contributed by atoms with Crippen molar-refractivity contribution in [1.29, 1.82) is 0 Å². The van der Waals surface area contributed by atoms with E-state index in [0.717, 1.165) is 25.1 Å². The minimum absolute atomic E-state index is 0.0914. The van der Waals surface area contributed by atoms with Gasteiger partial charge in [-0.3, -0.25) is 4.79 Å². The largest absolute Gasteiger partial charge is 0.374 e. The van der Waals surface area contributed by atoms with Gasteiger partial charge in [0.15, 0.2) is 0 Å². The third kappa shape index (κ3) is 9.02. The number of likely N-dealkylation sites (tertiary alicyclic amines) is 1. The van der Waals surface area contributed by atoms with Crippen LogP contribution in [0.15, 0.2) is 24.3 Å². The Morgan fingerprint density at radius 1 is 1.22 bits per heavy atom. The fourth-order valence-electron chi connectivity index (χ4n) is 3.07. The average molecular weight is 379 g/mol. The Labute approximate surface area is 164 Å². The van der Waals surface area contributed by atoms with Crippen LogP contribution in [-0.2, 0) is 9.59 Å². The number of nitrogens with one attached hydrogen (secondary N) is 2. The molecule has 1 aromatic carbocycles. The van der Waals surface area contributed by atoms with E-state index >= 15 is 0 Å². The maximum Gasteiger partial charge on any atom is 0.242 e. The van der Waals surface area contributed by atoms with Crippen molar-refractivity contribution in [3.8, 4) is 0 Å². The molecule has 0 aromatic heterocycles. The second-order valence-electron chi connectivity index (χ2n) is 6.25. The van der Waals surface area contributed by atoms with E-state index in [4.69, 9.17) is 0 Å². The van der Waals surface area contributed by atoms with Crippen LogP contribution in [0.25, 0.3) is 0 Å². The van der Waals surface area contributed by atoms with Crippen LogP contribution in [0.5, 0.6) is 0 Å². The molecule has 4 N–H and O–H groups in total. The predicted octanol–water partition coefficient (Wildman–Crippen LogP) is 2.60. The van der Waals surface area contributed by atoms with Gasteiger partial charge in [-0.05, 0) is 70.1 Å². The van der Waals surface area contributed by atoms with Crippen LogP contribution < -0.4 is 16.4 Å². The maximum atomic E-state index is 11.9. The van der Waals surface area contributed by atoms with Crippen molar-refractivity contribution < 1.29 is 9.59 Å². The predicted molar refractivity (Wildman–Crippen MR) is 114 cm³/mol. The van der Waals surface area contributed by atoms with Crippen molar-refractivity contribution in [2.75, 3.05) is 39.5 Å². The number of carbonyl (C=O) groups is 2. The molecular weight excluding hydrogens is 340 g/mol.